The normalized spacial score (nSPS) is 10.9. The summed E-state index contributed by atoms with van der Waals surface area (Å²) in [6.45, 7) is 3.62. The Bertz CT molecular complexity index is 1040. The lowest BCUT2D eigenvalue weighted by atomic mass is 10.2. The summed E-state index contributed by atoms with van der Waals surface area (Å²) in [5.41, 5.74) is 1.31. The van der Waals surface area contributed by atoms with Crippen LogP contribution in [-0.4, -0.2) is 22.6 Å². The molecule has 6 nitrogen and oxygen atoms in total. The second kappa shape index (κ2) is 7.47. The van der Waals surface area contributed by atoms with Gasteiger partial charge >= 0.3 is 5.97 Å². The predicted molar refractivity (Wildman–Crippen MR) is 101 cm³/mol. The van der Waals surface area contributed by atoms with E-state index in [1.54, 1.807) is 18.2 Å². The van der Waals surface area contributed by atoms with Crippen molar-refractivity contribution in [2.24, 2.45) is 0 Å². The van der Waals surface area contributed by atoms with Crippen molar-refractivity contribution in [1.29, 1.82) is 0 Å². The van der Waals surface area contributed by atoms with Crippen molar-refractivity contribution in [1.82, 2.24) is 9.55 Å². The van der Waals surface area contributed by atoms with Crippen LogP contribution in [0.15, 0.2) is 29.3 Å². The van der Waals surface area contributed by atoms with Gasteiger partial charge < -0.3 is 9.47 Å². The van der Waals surface area contributed by atoms with Gasteiger partial charge in [-0.2, -0.15) is 0 Å². The van der Waals surface area contributed by atoms with E-state index in [-0.39, 0.29) is 18.7 Å². The number of carbonyl (C=O) groups is 1. The molecule has 0 aliphatic carbocycles. The summed E-state index contributed by atoms with van der Waals surface area (Å²) in [7, 11) is 1.53. The van der Waals surface area contributed by atoms with Gasteiger partial charge in [-0.15, -0.1) is 11.3 Å². The highest BCUT2D eigenvalue weighted by molar-refractivity contribution is 7.18. The molecule has 0 saturated heterocycles. The van der Waals surface area contributed by atoms with E-state index in [1.165, 1.54) is 29.3 Å². The molecule has 0 N–H and O–H groups in total. The van der Waals surface area contributed by atoms with Crippen molar-refractivity contribution in [3.63, 3.8) is 0 Å². The molecule has 136 valence electrons. The summed E-state index contributed by atoms with van der Waals surface area (Å²) in [6, 6.07) is 5.07. The monoisotopic (exact) mass is 392 g/mol. The van der Waals surface area contributed by atoms with Crippen molar-refractivity contribution in [3.05, 3.63) is 55.9 Å². The minimum atomic E-state index is -0.542. The van der Waals surface area contributed by atoms with Crippen LogP contribution in [0.2, 0.25) is 5.02 Å². The number of rotatable bonds is 5. The summed E-state index contributed by atoms with van der Waals surface area (Å²) < 4.78 is 11.8. The molecule has 2 aromatic heterocycles. The van der Waals surface area contributed by atoms with Crippen LogP contribution in [0.25, 0.3) is 10.2 Å². The first kappa shape index (κ1) is 18.4. The molecule has 0 unspecified atom stereocenters. The van der Waals surface area contributed by atoms with E-state index in [0.29, 0.717) is 26.6 Å². The molecular weight excluding hydrogens is 376 g/mol. The Balaban J connectivity index is 1.76. The van der Waals surface area contributed by atoms with Crippen molar-refractivity contribution in [2.45, 2.75) is 27.0 Å². The number of esters is 1. The van der Waals surface area contributed by atoms with E-state index < -0.39 is 5.97 Å². The summed E-state index contributed by atoms with van der Waals surface area (Å²) >= 11 is 7.43. The van der Waals surface area contributed by atoms with Crippen molar-refractivity contribution in [2.75, 3.05) is 7.11 Å². The lowest BCUT2D eigenvalue weighted by molar-refractivity contribution is -0.145. The molecule has 0 amide bonds. The first-order chi connectivity index (χ1) is 12.4. The number of aromatic nitrogens is 2. The summed E-state index contributed by atoms with van der Waals surface area (Å²) in [5, 5.41) is 1.07. The number of hydrogen-bond acceptors (Lipinski definition) is 6. The molecule has 0 aliphatic heterocycles. The number of carbonyl (C=O) groups excluding carboxylic acids is 1. The Labute approximate surface area is 159 Å². The third-order valence-electron chi connectivity index (χ3n) is 4.09. The molecule has 26 heavy (non-hydrogen) atoms. The first-order valence-electron chi connectivity index (χ1n) is 7.84. The first-order valence-corrected chi connectivity index (χ1v) is 9.03. The third kappa shape index (κ3) is 3.59. The number of hydrogen-bond donors (Lipinski definition) is 0. The minimum absolute atomic E-state index is 0.00355. The minimum Gasteiger partial charge on any atom is -0.496 e. The average molecular weight is 393 g/mol. The lowest BCUT2D eigenvalue weighted by Gasteiger charge is -2.10. The summed E-state index contributed by atoms with van der Waals surface area (Å²) in [6.07, 6.45) is 1.38. The maximum atomic E-state index is 12.6. The van der Waals surface area contributed by atoms with Crippen molar-refractivity contribution < 1.29 is 14.3 Å². The molecule has 0 atom stereocenters. The Kier molecular flexibility index (Phi) is 5.29. The maximum Gasteiger partial charge on any atom is 0.326 e. The molecule has 0 aliphatic rings. The highest BCUT2D eigenvalue weighted by Crippen LogP contribution is 2.25. The van der Waals surface area contributed by atoms with Crippen LogP contribution in [0.3, 0.4) is 0 Å². The highest BCUT2D eigenvalue weighted by atomic mass is 35.5. The van der Waals surface area contributed by atoms with E-state index in [9.17, 15) is 9.59 Å². The SMILES string of the molecule is COc1ccc(Cl)cc1COC(=O)Cn1cnc2sc(C)c(C)c2c1=O. The van der Waals surface area contributed by atoms with Gasteiger partial charge in [0.2, 0.25) is 0 Å². The van der Waals surface area contributed by atoms with Gasteiger partial charge in [-0.05, 0) is 37.6 Å². The summed E-state index contributed by atoms with van der Waals surface area (Å²) in [5.74, 6) is 0.0340. The zero-order valence-corrected chi connectivity index (χ0v) is 16.1. The van der Waals surface area contributed by atoms with Crippen LogP contribution < -0.4 is 10.3 Å². The number of halogens is 1. The van der Waals surface area contributed by atoms with E-state index in [0.717, 1.165) is 10.4 Å². The number of ether oxygens (including phenoxy) is 2. The van der Waals surface area contributed by atoms with Gasteiger partial charge in [0.15, 0.2) is 0 Å². The molecular formula is C18H17ClN2O4S. The zero-order valence-electron chi connectivity index (χ0n) is 14.5. The molecule has 0 radical (unpaired) electrons. The second-order valence-electron chi connectivity index (χ2n) is 5.76. The fourth-order valence-electron chi connectivity index (χ4n) is 2.59. The van der Waals surface area contributed by atoms with Gasteiger partial charge in [-0.25, -0.2) is 4.98 Å². The molecule has 0 bridgehead atoms. The molecule has 3 rings (SSSR count). The number of nitrogens with zero attached hydrogens (tertiary/aromatic N) is 2. The third-order valence-corrected chi connectivity index (χ3v) is 5.44. The largest absolute Gasteiger partial charge is 0.496 e. The molecule has 0 fully saturated rings. The molecule has 3 aromatic rings. The Morgan fingerprint density at radius 2 is 2.12 bits per heavy atom. The Morgan fingerprint density at radius 1 is 1.35 bits per heavy atom. The summed E-state index contributed by atoms with van der Waals surface area (Å²) in [4.78, 5) is 30.8. The molecule has 0 saturated carbocycles. The van der Waals surface area contributed by atoms with Crippen LogP contribution >= 0.6 is 22.9 Å². The fraction of sp³-hybridized carbons (Fsp3) is 0.278. The van der Waals surface area contributed by atoms with E-state index in [4.69, 9.17) is 21.1 Å². The number of methoxy groups -OCH3 is 1. The van der Waals surface area contributed by atoms with Gasteiger partial charge in [-0.3, -0.25) is 14.2 Å². The van der Waals surface area contributed by atoms with Crippen LogP contribution in [0.4, 0.5) is 0 Å². The van der Waals surface area contributed by atoms with Crippen LogP contribution in [0.1, 0.15) is 16.0 Å². The van der Waals surface area contributed by atoms with E-state index >= 15 is 0 Å². The van der Waals surface area contributed by atoms with Crippen LogP contribution in [0, 0.1) is 13.8 Å². The van der Waals surface area contributed by atoms with Crippen molar-refractivity contribution in [3.8, 4) is 5.75 Å². The van der Waals surface area contributed by atoms with Crippen molar-refractivity contribution >= 4 is 39.1 Å². The lowest BCUT2D eigenvalue weighted by Crippen LogP contribution is -2.25. The van der Waals surface area contributed by atoms with Gasteiger partial charge in [0.05, 0.1) is 18.8 Å². The standard InChI is InChI=1S/C18H17ClN2O4S/c1-10-11(2)26-17-16(10)18(23)21(9-20-17)7-15(22)25-8-12-6-13(19)4-5-14(12)24-3/h4-6,9H,7-8H2,1-3H3. The van der Waals surface area contributed by atoms with Crippen LogP contribution in [0.5, 0.6) is 5.75 Å². The number of thiophene rings is 1. The number of fused-ring (bicyclic) bond motifs is 1. The van der Waals surface area contributed by atoms with Gasteiger partial charge in [-0.1, -0.05) is 11.6 Å². The van der Waals surface area contributed by atoms with Gasteiger partial charge in [0.1, 0.15) is 23.7 Å². The van der Waals surface area contributed by atoms with Crippen LogP contribution in [-0.2, 0) is 22.7 Å². The zero-order chi connectivity index (χ0) is 18.8. The molecule has 8 heteroatoms. The molecule has 1 aromatic carbocycles. The molecule has 2 heterocycles. The fourth-order valence-corrected chi connectivity index (χ4v) is 3.77. The Morgan fingerprint density at radius 3 is 2.85 bits per heavy atom. The molecule has 0 spiro atoms. The quantitative estimate of drug-likeness (QED) is 0.622. The maximum absolute atomic E-state index is 12.6. The highest BCUT2D eigenvalue weighted by Gasteiger charge is 2.15. The number of aryl methyl sites for hydroxylation is 2. The number of benzene rings is 1. The topological polar surface area (TPSA) is 70.4 Å². The second-order valence-corrected chi connectivity index (χ2v) is 7.40. The van der Waals surface area contributed by atoms with Gasteiger partial charge in [0, 0.05) is 15.5 Å². The van der Waals surface area contributed by atoms with Gasteiger partial charge in [0.25, 0.3) is 5.56 Å². The van der Waals surface area contributed by atoms with E-state index in [1.807, 2.05) is 13.8 Å². The Hall–Kier alpha value is -2.38. The predicted octanol–water partition coefficient (Wildman–Crippen LogP) is 3.48. The smallest absolute Gasteiger partial charge is 0.326 e. The van der Waals surface area contributed by atoms with E-state index in [2.05, 4.69) is 4.98 Å². The average Bonchev–Trinajstić information content (AvgIpc) is 2.91.